The maximum absolute atomic E-state index is 10.8. The van der Waals surface area contributed by atoms with Crippen LogP contribution in [-0.2, 0) is 16.7 Å². The number of carbonyl (C=O) groups is 1. The minimum absolute atomic E-state index is 0.0735. The average molecular weight is 269 g/mol. The van der Waals surface area contributed by atoms with E-state index in [1.165, 1.54) is 15.7 Å². The zero-order chi connectivity index (χ0) is 14.2. The molecule has 0 N–H and O–H groups in total. The lowest BCUT2D eigenvalue weighted by molar-refractivity contribution is -0.391. The Labute approximate surface area is 109 Å². The Bertz CT molecular complexity index is 502. The van der Waals surface area contributed by atoms with Gasteiger partial charge in [0.15, 0.2) is 6.23 Å². The van der Waals surface area contributed by atoms with Crippen LogP contribution in [-0.4, -0.2) is 51.2 Å². The number of amides is 1. The van der Waals surface area contributed by atoms with E-state index in [-0.39, 0.29) is 18.1 Å². The first-order valence-corrected chi connectivity index (χ1v) is 5.68. The number of hydrogen-bond acceptors (Lipinski definition) is 6. The molecule has 104 valence electrons. The van der Waals surface area contributed by atoms with Crippen molar-refractivity contribution in [1.82, 2.24) is 19.5 Å². The number of rotatable bonds is 4. The molecule has 1 amide bonds. The second kappa shape index (κ2) is 4.94. The van der Waals surface area contributed by atoms with Crippen molar-refractivity contribution in [3.8, 4) is 0 Å². The van der Waals surface area contributed by atoms with Gasteiger partial charge in [-0.25, -0.2) is 9.55 Å². The fourth-order valence-corrected chi connectivity index (χ4v) is 2.12. The van der Waals surface area contributed by atoms with Crippen molar-refractivity contribution < 1.29 is 14.6 Å². The molecular weight excluding hydrogens is 254 g/mol. The molecule has 0 saturated carbocycles. The molecule has 0 spiro atoms. The van der Waals surface area contributed by atoms with E-state index in [9.17, 15) is 14.9 Å². The molecule has 1 aliphatic rings. The van der Waals surface area contributed by atoms with Crippen LogP contribution in [0.3, 0.4) is 0 Å². The number of aromatic nitrogens is 2. The summed E-state index contributed by atoms with van der Waals surface area (Å²) in [6, 6.07) is -0.230. The third kappa shape index (κ3) is 2.29. The van der Waals surface area contributed by atoms with Gasteiger partial charge >= 0.3 is 5.82 Å². The minimum atomic E-state index is -0.485. The zero-order valence-corrected chi connectivity index (χ0v) is 10.9. The highest BCUT2D eigenvalue weighted by molar-refractivity contribution is 5.46. The van der Waals surface area contributed by atoms with Gasteiger partial charge in [-0.3, -0.25) is 9.63 Å². The van der Waals surface area contributed by atoms with Crippen molar-refractivity contribution in [2.24, 2.45) is 7.05 Å². The van der Waals surface area contributed by atoms with Gasteiger partial charge in [-0.1, -0.05) is 0 Å². The van der Waals surface area contributed by atoms with Crippen LogP contribution in [0.2, 0.25) is 0 Å². The van der Waals surface area contributed by atoms with E-state index in [1.54, 1.807) is 26.2 Å². The number of nitro groups is 1. The van der Waals surface area contributed by atoms with Gasteiger partial charge < -0.3 is 15.0 Å². The van der Waals surface area contributed by atoms with Crippen molar-refractivity contribution in [2.45, 2.75) is 18.7 Å². The summed E-state index contributed by atoms with van der Waals surface area (Å²) in [5.74, 6) is 0.464. The summed E-state index contributed by atoms with van der Waals surface area (Å²) in [6.07, 6.45) is 2.03. The summed E-state index contributed by atoms with van der Waals surface area (Å²) in [5.41, 5.74) is 0. The molecule has 9 nitrogen and oxygen atoms in total. The molecule has 2 atom stereocenters. The summed E-state index contributed by atoms with van der Waals surface area (Å²) >= 11 is 0. The predicted molar refractivity (Wildman–Crippen MR) is 63.7 cm³/mol. The Morgan fingerprint density at radius 1 is 1.63 bits per heavy atom. The van der Waals surface area contributed by atoms with E-state index in [1.807, 2.05) is 0 Å². The maximum Gasteiger partial charge on any atom is 0.342 e. The Balaban J connectivity index is 2.23. The maximum atomic E-state index is 10.8. The number of imidazole rings is 1. The van der Waals surface area contributed by atoms with Gasteiger partial charge in [0, 0.05) is 20.5 Å². The average Bonchev–Trinajstić information content (AvgIpc) is 2.91. The molecule has 1 fully saturated rings. The smallest absolute Gasteiger partial charge is 0.342 e. The molecule has 0 radical (unpaired) electrons. The third-order valence-electron chi connectivity index (χ3n) is 3.26. The monoisotopic (exact) mass is 269 g/mol. The Morgan fingerprint density at radius 2 is 2.32 bits per heavy atom. The van der Waals surface area contributed by atoms with Gasteiger partial charge in [0.25, 0.3) is 0 Å². The standard InChI is InChI=1S/C10H15N5O4/c1-12(6-16)9-4-7(14(3)19-9)10-11-5-8(13(10)2)15(17)18/h5-7,9H,4H2,1-3H3. The van der Waals surface area contributed by atoms with E-state index < -0.39 is 4.92 Å². The van der Waals surface area contributed by atoms with Crippen LogP contribution in [0.25, 0.3) is 0 Å². The molecule has 19 heavy (non-hydrogen) atoms. The summed E-state index contributed by atoms with van der Waals surface area (Å²) in [5, 5.41) is 12.4. The van der Waals surface area contributed by atoms with E-state index in [4.69, 9.17) is 4.84 Å². The fourth-order valence-electron chi connectivity index (χ4n) is 2.12. The highest BCUT2D eigenvalue weighted by atomic mass is 16.7. The van der Waals surface area contributed by atoms with Gasteiger partial charge in [-0.2, -0.15) is 5.06 Å². The van der Waals surface area contributed by atoms with Crippen LogP contribution >= 0.6 is 0 Å². The van der Waals surface area contributed by atoms with Crippen molar-refractivity contribution in [1.29, 1.82) is 0 Å². The Morgan fingerprint density at radius 3 is 2.84 bits per heavy atom. The molecule has 1 aromatic heterocycles. The number of hydroxylamine groups is 2. The van der Waals surface area contributed by atoms with E-state index in [2.05, 4.69) is 4.98 Å². The van der Waals surface area contributed by atoms with Crippen molar-refractivity contribution in [3.05, 3.63) is 22.1 Å². The van der Waals surface area contributed by atoms with E-state index in [0.717, 1.165) is 0 Å². The topological polar surface area (TPSA) is 93.7 Å². The fraction of sp³-hybridized carbons (Fsp3) is 0.600. The highest BCUT2D eigenvalue weighted by Gasteiger charge is 2.39. The largest absolute Gasteiger partial charge is 0.358 e. The van der Waals surface area contributed by atoms with Crippen LogP contribution in [0.1, 0.15) is 18.3 Å². The van der Waals surface area contributed by atoms with Crippen LogP contribution < -0.4 is 0 Å². The molecule has 1 aliphatic heterocycles. The summed E-state index contributed by atoms with van der Waals surface area (Å²) < 4.78 is 1.42. The first-order valence-electron chi connectivity index (χ1n) is 5.68. The van der Waals surface area contributed by atoms with Gasteiger partial charge in [-0.05, 0) is 4.92 Å². The van der Waals surface area contributed by atoms with E-state index >= 15 is 0 Å². The van der Waals surface area contributed by atoms with E-state index in [0.29, 0.717) is 18.7 Å². The van der Waals surface area contributed by atoms with Crippen LogP contribution in [0.4, 0.5) is 5.82 Å². The second-order valence-electron chi connectivity index (χ2n) is 4.42. The SMILES string of the molecule is CN(C=O)C1CC(c2ncc([N+](=O)[O-])n2C)N(C)O1. The number of hydrogen-bond donors (Lipinski definition) is 0. The first kappa shape index (κ1) is 13.4. The highest BCUT2D eigenvalue weighted by Crippen LogP contribution is 2.33. The zero-order valence-electron chi connectivity index (χ0n) is 10.9. The Kier molecular flexibility index (Phi) is 3.49. The van der Waals surface area contributed by atoms with Gasteiger partial charge in [0.1, 0.15) is 12.2 Å². The summed E-state index contributed by atoms with van der Waals surface area (Å²) in [6.45, 7) is 0. The van der Waals surface area contributed by atoms with Gasteiger partial charge in [-0.15, -0.1) is 0 Å². The first-order chi connectivity index (χ1) is 8.95. The summed E-state index contributed by atoms with van der Waals surface area (Å²) in [4.78, 5) is 32.0. The van der Waals surface area contributed by atoms with Crippen LogP contribution in [0, 0.1) is 10.1 Å². The molecule has 0 aromatic carbocycles. The third-order valence-corrected chi connectivity index (χ3v) is 3.26. The predicted octanol–water partition coefficient (Wildman–Crippen LogP) is 0.0508. The molecule has 0 bridgehead atoms. The van der Waals surface area contributed by atoms with Gasteiger partial charge in [0.2, 0.25) is 12.2 Å². The van der Waals surface area contributed by atoms with Gasteiger partial charge in [0.05, 0.1) is 7.05 Å². The lowest BCUT2D eigenvalue weighted by atomic mass is 10.2. The lowest BCUT2D eigenvalue weighted by Gasteiger charge is -2.18. The molecule has 0 aliphatic carbocycles. The van der Waals surface area contributed by atoms with Crippen LogP contribution in [0.5, 0.6) is 0 Å². The summed E-state index contributed by atoms with van der Waals surface area (Å²) in [7, 11) is 4.92. The molecule has 1 aromatic rings. The van der Waals surface area contributed by atoms with Crippen molar-refractivity contribution >= 4 is 12.2 Å². The van der Waals surface area contributed by atoms with Crippen molar-refractivity contribution in [2.75, 3.05) is 14.1 Å². The molecular formula is C10H15N5O4. The van der Waals surface area contributed by atoms with Crippen molar-refractivity contribution in [3.63, 3.8) is 0 Å². The molecule has 9 heteroatoms. The minimum Gasteiger partial charge on any atom is -0.358 e. The van der Waals surface area contributed by atoms with Crippen LogP contribution in [0.15, 0.2) is 6.20 Å². The number of nitrogens with zero attached hydrogens (tertiary/aromatic N) is 5. The second-order valence-corrected chi connectivity index (χ2v) is 4.42. The molecule has 2 unspecified atom stereocenters. The molecule has 1 saturated heterocycles. The quantitative estimate of drug-likeness (QED) is 0.435. The number of carbonyl (C=O) groups excluding carboxylic acids is 1. The molecule has 2 rings (SSSR count). The Hall–Kier alpha value is -2.00. The molecule has 2 heterocycles. The normalized spacial score (nSPS) is 23.5. The lowest BCUT2D eigenvalue weighted by Crippen LogP contribution is -2.30.